The molecule has 0 bridgehead atoms. The molecule has 0 saturated heterocycles. The van der Waals surface area contributed by atoms with Crippen LogP contribution in [0.1, 0.15) is 16.7 Å². The van der Waals surface area contributed by atoms with E-state index in [1.165, 1.54) is 16.7 Å². The average Bonchev–Trinajstić information content (AvgIpc) is 2.31. The molecule has 0 aliphatic rings. The van der Waals surface area contributed by atoms with E-state index in [4.69, 9.17) is 12.2 Å². The molecule has 2 nitrogen and oxygen atoms in total. The Morgan fingerprint density at radius 2 is 1.55 bits per heavy atom. The van der Waals surface area contributed by atoms with Crippen LogP contribution < -0.4 is 10.6 Å². The van der Waals surface area contributed by atoms with Crippen LogP contribution in [-0.4, -0.2) is 5.11 Å². The molecular formula is C16H17BrN2S. The summed E-state index contributed by atoms with van der Waals surface area (Å²) in [5.41, 5.74) is 5.59. The van der Waals surface area contributed by atoms with E-state index in [0.717, 1.165) is 15.8 Å². The second-order valence-corrected chi connectivity index (χ2v) is 6.20. The molecule has 0 spiro atoms. The Bertz CT molecular complexity index is 633. The van der Waals surface area contributed by atoms with Gasteiger partial charge in [-0.1, -0.05) is 12.1 Å². The van der Waals surface area contributed by atoms with Gasteiger partial charge < -0.3 is 10.6 Å². The summed E-state index contributed by atoms with van der Waals surface area (Å²) in [7, 11) is 0. The lowest BCUT2D eigenvalue weighted by Crippen LogP contribution is -2.19. The minimum absolute atomic E-state index is 0.583. The van der Waals surface area contributed by atoms with E-state index in [1.54, 1.807) is 0 Å². The molecule has 4 heteroatoms. The van der Waals surface area contributed by atoms with Crippen LogP contribution in [0.3, 0.4) is 0 Å². The van der Waals surface area contributed by atoms with Crippen molar-refractivity contribution >= 4 is 44.6 Å². The van der Waals surface area contributed by atoms with Gasteiger partial charge in [0.25, 0.3) is 0 Å². The van der Waals surface area contributed by atoms with E-state index >= 15 is 0 Å². The van der Waals surface area contributed by atoms with E-state index in [0.29, 0.717) is 5.11 Å². The smallest absolute Gasteiger partial charge is 0.175 e. The molecule has 0 aliphatic carbocycles. The first-order chi connectivity index (χ1) is 9.44. The van der Waals surface area contributed by atoms with Crippen LogP contribution in [0, 0.1) is 20.8 Å². The molecule has 20 heavy (non-hydrogen) atoms. The standard InChI is InChI=1S/C16H17BrN2S/c1-10-4-5-15(14(17)9-10)19-16(20)18-13-7-11(2)6-12(3)8-13/h4-9H,1-3H3,(H2,18,19,20). The van der Waals surface area contributed by atoms with Crippen molar-refractivity contribution in [3.05, 3.63) is 57.6 Å². The fourth-order valence-electron chi connectivity index (χ4n) is 2.05. The molecule has 0 unspecified atom stereocenters. The summed E-state index contributed by atoms with van der Waals surface area (Å²) < 4.78 is 1.00. The molecule has 0 heterocycles. The van der Waals surface area contributed by atoms with E-state index < -0.39 is 0 Å². The van der Waals surface area contributed by atoms with Gasteiger partial charge in [-0.15, -0.1) is 0 Å². The Labute approximate surface area is 133 Å². The highest BCUT2D eigenvalue weighted by molar-refractivity contribution is 9.10. The summed E-state index contributed by atoms with van der Waals surface area (Å²) in [5, 5.41) is 6.99. The first kappa shape index (κ1) is 15.0. The molecule has 0 atom stereocenters. The van der Waals surface area contributed by atoms with Gasteiger partial charge >= 0.3 is 0 Å². The molecule has 2 aromatic rings. The quantitative estimate of drug-likeness (QED) is 0.730. The van der Waals surface area contributed by atoms with Gasteiger partial charge in [-0.25, -0.2) is 0 Å². The van der Waals surface area contributed by atoms with Crippen molar-refractivity contribution in [1.29, 1.82) is 0 Å². The summed E-state index contributed by atoms with van der Waals surface area (Å²) in [6, 6.07) is 12.4. The number of nitrogens with one attached hydrogen (secondary N) is 2. The SMILES string of the molecule is Cc1cc(C)cc(NC(=S)Nc2ccc(C)cc2Br)c1. The van der Waals surface area contributed by atoms with Gasteiger partial charge in [-0.3, -0.25) is 0 Å². The van der Waals surface area contributed by atoms with Crippen LogP contribution in [0.15, 0.2) is 40.9 Å². The van der Waals surface area contributed by atoms with Gasteiger partial charge in [-0.05, 0) is 89.9 Å². The van der Waals surface area contributed by atoms with Crippen molar-refractivity contribution in [3.63, 3.8) is 0 Å². The predicted molar refractivity (Wildman–Crippen MR) is 94.6 cm³/mol. The van der Waals surface area contributed by atoms with Crippen molar-refractivity contribution < 1.29 is 0 Å². The van der Waals surface area contributed by atoms with Crippen molar-refractivity contribution in [2.45, 2.75) is 20.8 Å². The van der Waals surface area contributed by atoms with Gasteiger partial charge in [0.05, 0.1) is 5.69 Å². The van der Waals surface area contributed by atoms with Gasteiger partial charge in [0.2, 0.25) is 0 Å². The minimum Gasteiger partial charge on any atom is -0.332 e. The number of halogens is 1. The number of rotatable bonds is 2. The topological polar surface area (TPSA) is 24.1 Å². The first-order valence-electron chi connectivity index (χ1n) is 6.36. The molecule has 0 aliphatic heterocycles. The van der Waals surface area contributed by atoms with Gasteiger partial charge in [-0.2, -0.15) is 0 Å². The van der Waals surface area contributed by atoms with Crippen LogP contribution in [0.5, 0.6) is 0 Å². The first-order valence-corrected chi connectivity index (χ1v) is 7.56. The lowest BCUT2D eigenvalue weighted by Gasteiger charge is -2.13. The maximum absolute atomic E-state index is 5.35. The highest BCUT2D eigenvalue weighted by Gasteiger charge is 2.03. The molecule has 104 valence electrons. The Hall–Kier alpha value is -1.39. The number of thiocarbonyl (C=S) groups is 1. The fourth-order valence-corrected chi connectivity index (χ4v) is 2.87. The van der Waals surface area contributed by atoms with Crippen molar-refractivity contribution in [1.82, 2.24) is 0 Å². The molecule has 2 rings (SSSR count). The zero-order chi connectivity index (χ0) is 14.7. The predicted octanol–water partition coefficient (Wildman–Crippen LogP) is 5.18. The fraction of sp³-hybridized carbons (Fsp3) is 0.188. The number of benzene rings is 2. The van der Waals surface area contributed by atoms with Gasteiger partial charge in [0.15, 0.2) is 5.11 Å². The Morgan fingerprint density at radius 1 is 0.900 bits per heavy atom. The normalized spacial score (nSPS) is 10.2. The van der Waals surface area contributed by atoms with Gasteiger partial charge in [0.1, 0.15) is 0 Å². The third-order valence-corrected chi connectivity index (χ3v) is 3.71. The zero-order valence-corrected chi connectivity index (χ0v) is 14.2. The van der Waals surface area contributed by atoms with Gasteiger partial charge in [0, 0.05) is 10.2 Å². The van der Waals surface area contributed by atoms with Crippen molar-refractivity contribution in [2.75, 3.05) is 10.6 Å². The largest absolute Gasteiger partial charge is 0.332 e. The second kappa shape index (κ2) is 6.37. The van der Waals surface area contributed by atoms with Crippen LogP contribution in [0.2, 0.25) is 0 Å². The zero-order valence-electron chi connectivity index (χ0n) is 11.8. The van der Waals surface area contributed by atoms with E-state index in [9.17, 15) is 0 Å². The molecule has 2 aromatic carbocycles. The van der Waals surface area contributed by atoms with E-state index in [1.807, 2.05) is 12.1 Å². The minimum atomic E-state index is 0.583. The Balaban J connectivity index is 2.09. The number of anilines is 2. The summed E-state index contributed by atoms with van der Waals surface area (Å²) in [5.74, 6) is 0. The number of hydrogen-bond donors (Lipinski definition) is 2. The number of hydrogen-bond acceptors (Lipinski definition) is 1. The number of aryl methyl sites for hydroxylation is 3. The maximum Gasteiger partial charge on any atom is 0.175 e. The molecular weight excluding hydrogens is 332 g/mol. The lowest BCUT2D eigenvalue weighted by atomic mass is 10.1. The summed E-state index contributed by atoms with van der Waals surface area (Å²) in [4.78, 5) is 0. The summed E-state index contributed by atoms with van der Waals surface area (Å²) in [6.45, 7) is 6.21. The van der Waals surface area contributed by atoms with Crippen LogP contribution >= 0.6 is 28.1 Å². The lowest BCUT2D eigenvalue weighted by molar-refractivity contribution is 1.38. The van der Waals surface area contributed by atoms with E-state index in [-0.39, 0.29) is 0 Å². The van der Waals surface area contributed by atoms with Crippen LogP contribution in [0.4, 0.5) is 11.4 Å². The third kappa shape index (κ3) is 4.05. The summed E-state index contributed by atoms with van der Waals surface area (Å²) >= 11 is 8.89. The highest BCUT2D eigenvalue weighted by atomic mass is 79.9. The molecule has 0 amide bonds. The van der Waals surface area contributed by atoms with E-state index in [2.05, 4.69) is 71.6 Å². The molecule has 0 saturated carbocycles. The van der Waals surface area contributed by atoms with Crippen LogP contribution in [0.25, 0.3) is 0 Å². The maximum atomic E-state index is 5.35. The Morgan fingerprint density at radius 3 is 2.15 bits per heavy atom. The molecule has 2 N–H and O–H groups in total. The molecule has 0 fully saturated rings. The van der Waals surface area contributed by atoms with Crippen molar-refractivity contribution in [2.24, 2.45) is 0 Å². The Kier molecular flexibility index (Phi) is 4.78. The third-order valence-electron chi connectivity index (χ3n) is 2.85. The monoisotopic (exact) mass is 348 g/mol. The van der Waals surface area contributed by atoms with Crippen LogP contribution in [-0.2, 0) is 0 Å². The summed E-state index contributed by atoms with van der Waals surface area (Å²) in [6.07, 6.45) is 0. The molecule has 0 aromatic heterocycles. The average molecular weight is 349 g/mol. The molecule has 0 radical (unpaired) electrons. The second-order valence-electron chi connectivity index (χ2n) is 4.94. The van der Waals surface area contributed by atoms with Crippen molar-refractivity contribution in [3.8, 4) is 0 Å². The highest BCUT2D eigenvalue weighted by Crippen LogP contribution is 2.23.